The van der Waals surface area contributed by atoms with Crippen molar-refractivity contribution in [3.05, 3.63) is 82.4 Å². The Kier molecular flexibility index (Phi) is 7.02. The minimum absolute atomic E-state index is 0.402. The van der Waals surface area contributed by atoms with Gasteiger partial charge in [-0.05, 0) is 84.3 Å². The fourth-order valence-corrected chi connectivity index (χ4v) is 5.25. The summed E-state index contributed by atoms with van der Waals surface area (Å²) in [6.07, 6.45) is 2.12. The van der Waals surface area contributed by atoms with E-state index in [0.717, 1.165) is 34.2 Å². The topological polar surface area (TPSA) is 89.9 Å². The van der Waals surface area contributed by atoms with E-state index in [-0.39, 0.29) is 0 Å². The molecular weight excluding hydrogens is 462 g/mol. The van der Waals surface area contributed by atoms with Crippen molar-refractivity contribution in [3.63, 3.8) is 0 Å². The Labute approximate surface area is 200 Å². The van der Waals surface area contributed by atoms with Crippen LogP contribution in [0.3, 0.4) is 0 Å². The number of benzene rings is 3. The van der Waals surface area contributed by atoms with Crippen LogP contribution in [0.5, 0.6) is 5.75 Å². The zero-order valence-corrected chi connectivity index (χ0v) is 19.6. The summed E-state index contributed by atoms with van der Waals surface area (Å²) in [5.74, 6) is -0.566. The number of rotatable bonds is 7. The molecule has 1 N–H and O–H groups in total. The van der Waals surface area contributed by atoms with Crippen LogP contribution in [-0.2, 0) is 22.5 Å². The predicted octanol–water partition coefficient (Wildman–Crippen LogP) is 5.46. The summed E-state index contributed by atoms with van der Waals surface area (Å²) in [7, 11) is 0. The van der Waals surface area contributed by atoms with Gasteiger partial charge in [0.05, 0.1) is 6.04 Å². The van der Waals surface area contributed by atoms with Crippen LogP contribution >= 0.6 is 11.6 Å². The molecule has 8 heteroatoms. The highest BCUT2D eigenvalue weighted by Crippen LogP contribution is 2.42. The van der Waals surface area contributed by atoms with Gasteiger partial charge in [-0.15, -0.1) is 0 Å². The number of ether oxygens (including phenoxy) is 1. The maximum atomic E-state index is 12.4. The number of hydrogen-bond donors (Lipinski definition) is 1. The lowest BCUT2D eigenvalue weighted by atomic mass is 9.86. The monoisotopic (exact) mass is 484 g/mol. The van der Waals surface area contributed by atoms with Crippen molar-refractivity contribution in [3.8, 4) is 16.9 Å². The zero-order chi connectivity index (χ0) is 23.5. The van der Waals surface area contributed by atoms with E-state index >= 15 is 0 Å². The van der Waals surface area contributed by atoms with Crippen molar-refractivity contribution in [2.45, 2.75) is 32.2 Å². The Morgan fingerprint density at radius 2 is 1.97 bits per heavy atom. The fraction of sp³-hybridized carbons (Fsp3) is 0.240. The highest BCUT2D eigenvalue weighted by Gasteiger charge is 2.29. The van der Waals surface area contributed by atoms with Gasteiger partial charge in [-0.25, -0.2) is 4.79 Å². The standard InChI is InChI=1S/C25H24ClNO5S/c1-16-14-19(12-13-20(16)17-8-10-18(26)11-9-17)27(33(30)31)23-6-2-5-22-21(23)4-3-7-24(22)32-15-25(28)29/h3-4,7-14,23H,2,5-6,15H2,1H3,(H,28,29)(H,30,31)/p-1. The molecule has 2 unspecified atom stereocenters. The molecule has 0 bridgehead atoms. The summed E-state index contributed by atoms with van der Waals surface area (Å²) in [5, 5.41) is 9.62. The van der Waals surface area contributed by atoms with E-state index in [9.17, 15) is 13.6 Å². The van der Waals surface area contributed by atoms with E-state index < -0.39 is 29.9 Å². The number of carboxylic acids is 1. The third-order valence-corrected chi connectivity index (χ3v) is 6.89. The molecule has 0 saturated heterocycles. The van der Waals surface area contributed by atoms with Crippen LogP contribution in [0.1, 0.15) is 35.6 Å². The van der Waals surface area contributed by atoms with Gasteiger partial charge < -0.3 is 14.4 Å². The van der Waals surface area contributed by atoms with E-state index in [0.29, 0.717) is 29.3 Å². The first-order chi connectivity index (χ1) is 15.8. The van der Waals surface area contributed by atoms with E-state index in [1.54, 1.807) is 12.1 Å². The molecule has 1 aliphatic carbocycles. The third-order valence-electron chi connectivity index (χ3n) is 5.85. The van der Waals surface area contributed by atoms with Crippen LogP contribution in [-0.4, -0.2) is 26.4 Å². The molecule has 0 heterocycles. The Hall–Kier alpha value is -2.87. The number of nitrogens with zero attached hydrogens (tertiary/aromatic N) is 1. The molecule has 0 fully saturated rings. The molecule has 172 valence electrons. The zero-order valence-electron chi connectivity index (χ0n) is 18.0. The summed E-state index contributed by atoms with van der Waals surface area (Å²) in [6, 6.07) is 18.1. The van der Waals surface area contributed by atoms with E-state index in [2.05, 4.69) is 0 Å². The summed E-state index contributed by atoms with van der Waals surface area (Å²) < 4.78 is 31.7. The van der Waals surface area contributed by atoms with Crippen molar-refractivity contribution in [2.24, 2.45) is 0 Å². The molecule has 6 nitrogen and oxygen atoms in total. The lowest BCUT2D eigenvalue weighted by Crippen LogP contribution is -2.33. The molecule has 0 aliphatic heterocycles. The molecule has 0 amide bonds. The smallest absolute Gasteiger partial charge is 0.341 e. The molecule has 33 heavy (non-hydrogen) atoms. The molecular formula is C25H23ClNO5S-. The molecule has 3 aromatic carbocycles. The second-order valence-corrected chi connectivity index (χ2v) is 9.23. The lowest BCUT2D eigenvalue weighted by Gasteiger charge is -2.38. The van der Waals surface area contributed by atoms with Crippen LogP contribution in [0, 0.1) is 6.92 Å². The Morgan fingerprint density at radius 3 is 2.64 bits per heavy atom. The van der Waals surface area contributed by atoms with Crippen LogP contribution < -0.4 is 9.04 Å². The van der Waals surface area contributed by atoms with Crippen LogP contribution in [0.15, 0.2) is 60.7 Å². The molecule has 0 saturated carbocycles. The van der Waals surface area contributed by atoms with Crippen LogP contribution in [0.25, 0.3) is 11.1 Å². The van der Waals surface area contributed by atoms with Crippen molar-refractivity contribution in [2.75, 3.05) is 10.9 Å². The largest absolute Gasteiger partial charge is 0.755 e. The molecule has 2 atom stereocenters. The normalized spacial score (nSPS) is 16.0. The number of anilines is 1. The lowest BCUT2D eigenvalue weighted by molar-refractivity contribution is -0.139. The first-order valence-electron chi connectivity index (χ1n) is 10.6. The number of aryl methyl sites for hydroxylation is 1. The summed E-state index contributed by atoms with van der Waals surface area (Å²) in [6.45, 7) is 1.51. The average Bonchev–Trinajstić information content (AvgIpc) is 2.78. The molecule has 0 radical (unpaired) electrons. The highest BCUT2D eigenvalue weighted by atomic mass is 35.5. The first-order valence-corrected chi connectivity index (χ1v) is 12.0. The number of aliphatic carboxylic acids is 1. The summed E-state index contributed by atoms with van der Waals surface area (Å²) in [5.41, 5.74) is 5.22. The Bertz CT molecular complexity index is 1200. The van der Waals surface area contributed by atoms with E-state index in [4.69, 9.17) is 21.4 Å². The number of carboxylic acid groups (broad SMARTS) is 1. The van der Waals surface area contributed by atoms with Crippen molar-refractivity contribution < 1.29 is 23.4 Å². The first kappa shape index (κ1) is 23.3. The van der Waals surface area contributed by atoms with Crippen LogP contribution in [0.2, 0.25) is 5.02 Å². The number of carbonyl (C=O) groups is 1. The maximum absolute atomic E-state index is 12.4. The van der Waals surface area contributed by atoms with Crippen molar-refractivity contribution in [1.82, 2.24) is 0 Å². The van der Waals surface area contributed by atoms with E-state index in [1.165, 1.54) is 4.31 Å². The van der Waals surface area contributed by atoms with Gasteiger partial charge in [-0.2, -0.15) is 0 Å². The van der Waals surface area contributed by atoms with Gasteiger partial charge in [-0.1, -0.05) is 41.9 Å². The third kappa shape index (κ3) is 5.05. The number of hydrogen-bond acceptors (Lipinski definition) is 4. The molecule has 4 rings (SSSR count). The quantitative estimate of drug-likeness (QED) is 0.450. The second-order valence-electron chi connectivity index (χ2n) is 7.96. The number of halogens is 1. The van der Waals surface area contributed by atoms with Gasteiger partial charge in [0.1, 0.15) is 5.75 Å². The van der Waals surface area contributed by atoms with Gasteiger partial charge in [0.25, 0.3) is 0 Å². The van der Waals surface area contributed by atoms with Crippen molar-refractivity contribution >= 4 is 34.5 Å². The minimum atomic E-state index is -2.51. The Morgan fingerprint density at radius 1 is 1.21 bits per heavy atom. The van der Waals surface area contributed by atoms with Gasteiger partial charge in [0.2, 0.25) is 0 Å². The minimum Gasteiger partial charge on any atom is -0.755 e. The predicted molar refractivity (Wildman–Crippen MR) is 128 cm³/mol. The van der Waals surface area contributed by atoms with E-state index in [1.807, 2.05) is 55.5 Å². The molecule has 0 aromatic heterocycles. The average molecular weight is 485 g/mol. The van der Waals surface area contributed by atoms with Gasteiger partial charge in [-0.3, -0.25) is 8.51 Å². The Balaban J connectivity index is 1.70. The number of fused-ring (bicyclic) bond motifs is 1. The molecule has 3 aromatic rings. The highest BCUT2D eigenvalue weighted by molar-refractivity contribution is 7.80. The molecule has 0 spiro atoms. The van der Waals surface area contributed by atoms with Gasteiger partial charge in [0.15, 0.2) is 6.61 Å². The molecule has 1 aliphatic rings. The van der Waals surface area contributed by atoms with Crippen molar-refractivity contribution in [1.29, 1.82) is 0 Å². The van der Waals surface area contributed by atoms with Crippen LogP contribution in [0.4, 0.5) is 5.69 Å². The summed E-state index contributed by atoms with van der Waals surface area (Å²) in [4.78, 5) is 10.9. The SMILES string of the molecule is Cc1cc(N(C2CCCc3c(OCC(=O)O)cccc32)S(=O)[O-])ccc1-c1ccc(Cl)cc1. The summed E-state index contributed by atoms with van der Waals surface area (Å²) >= 11 is 3.49. The fourth-order valence-electron chi connectivity index (χ4n) is 4.42. The van der Waals surface area contributed by atoms with Gasteiger partial charge in [0, 0.05) is 22.0 Å². The van der Waals surface area contributed by atoms with Gasteiger partial charge >= 0.3 is 5.97 Å². The maximum Gasteiger partial charge on any atom is 0.341 e. The second kappa shape index (κ2) is 9.95.